The van der Waals surface area contributed by atoms with Gasteiger partial charge in [0.2, 0.25) is 0 Å². The second-order valence-corrected chi connectivity index (χ2v) is 5.51. The summed E-state index contributed by atoms with van der Waals surface area (Å²) in [5, 5.41) is 8.51. The quantitative estimate of drug-likeness (QED) is 0.648. The van der Waals surface area contributed by atoms with E-state index < -0.39 is 15.8 Å². The van der Waals surface area contributed by atoms with Gasteiger partial charge in [-0.25, -0.2) is 8.42 Å². The molecule has 0 atom stereocenters. The maximum atomic E-state index is 10.8. The van der Waals surface area contributed by atoms with E-state index in [0.717, 1.165) is 0 Å². The SMILES string of the molecule is CCN(CCCS(C)(=O)=O)CC(=O)O. The lowest BCUT2D eigenvalue weighted by Gasteiger charge is -2.17. The summed E-state index contributed by atoms with van der Waals surface area (Å²) in [6, 6.07) is 0. The summed E-state index contributed by atoms with van der Waals surface area (Å²) in [5.41, 5.74) is 0. The van der Waals surface area contributed by atoms with Crippen LogP contribution in [0.15, 0.2) is 0 Å². The van der Waals surface area contributed by atoms with Crippen LogP contribution in [0.4, 0.5) is 0 Å². The van der Waals surface area contributed by atoms with E-state index in [2.05, 4.69) is 0 Å². The monoisotopic (exact) mass is 223 g/mol. The molecule has 6 heteroatoms. The summed E-state index contributed by atoms with van der Waals surface area (Å²) in [5.74, 6) is -0.769. The van der Waals surface area contributed by atoms with Gasteiger partial charge in [0.15, 0.2) is 0 Å². The highest BCUT2D eigenvalue weighted by atomic mass is 32.2. The van der Waals surface area contributed by atoms with Crippen LogP contribution in [0, 0.1) is 0 Å². The van der Waals surface area contributed by atoms with Crippen molar-refractivity contribution in [1.29, 1.82) is 0 Å². The van der Waals surface area contributed by atoms with Gasteiger partial charge in [0.1, 0.15) is 9.84 Å². The Kier molecular flexibility index (Phi) is 5.71. The van der Waals surface area contributed by atoms with Gasteiger partial charge in [-0.05, 0) is 19.5 Å². The van der Waals surface area contributed by atoms with Crippen molar-refractivity contribution in [3.8, 4) is 0 Å². The van der Waals surface area contributed by atoms with Crippen molar-refractivity contribution in [2.75, 3.05) is 31.6 Å². The minimum atomic E-state index is -2.93. The minimum Gasteiger partial charge on any atom is -0.480 e. The van der Waals surface area contributed by atoms with E-state index >= 15 is 0 Å². The third-order valence-electron chi connectivity index (χ3n) is 1.80. The smallest absolute Gasteiger partial charge is 0.317 e. The summed E-state index contributed by atoms with van der Waals surface area (Å²) in [7, 11) is -2.93. The molecule has 0 aromatic rings. The molecular weight excluding hydrogens is 206 g/mol. The van der Waals surface area contributed by atoms with Crippen LogP contribution in [0.3, 0.4) is 0 Å². The first-order valence-electron chi connectivity index (χ1n) is 4.47. The van der Waals surface area contributed by atoms with E-state index in [1.165, 1.54) is 6.26 Å². The molecule has 5 nitrogen and oxygen atoms in total. The number of sulfone groups is 1. The Morgan fingerprint density at radius 3 is 2.36 bits per heavy atom. The molecule has 0 aliphatic carbocycles. The normalized spacial score (nSPS) is 11.9. The zero-order valence-electron chi connectivity index (χ0n) is 8.56. The Labute approximate surface area is 84.6 Å². The molecule has 0 unspecified atom stereocenters. The van der Waals surface area contributed by atoms with Crippen molar-refractivity contribution in [2.45, 2.75) is 13.3 Å². The fourth-order valence-electron chi connectivity index (χ4n) is 1.09. The number of hydrogen-bond donors (Lipinski definition) is 1. The molecule has 0 spiro atoms. The fraction of sp³-hybridized carbons (Fsp3) is 0.875. The van der Waals surface area contributed by atoms with Gasteiger partial charge in [0, 0.05) is 6.26 Å². The number of aliphatic carboxylic acids is 1. The molecule has 0 aliphatic heterocycles. The van der Waals surface area contributed by atoms with Crippen LogP contribution in [0.1, 0.15) is 13.3 Å². The Morgan fingerprint density at radius 1 is 1.43 bits per heavy atom. The Hall–Kier alpha value is -0.620. The van der Waals surface area contributed by atoms with Crippen molar-refractivity contribution < 1.29 is 18.3 Å². The summed E-state index contributed by atoms with van der Waals surface area (Å²) < 4.78 is 21.6. The van der Waals surface area contributed by atoms with Crippen molar-refractivity contribution >= 4 is 15.8 Å². The first-order chi connectivity index (χ1) is 6.35. The number of hydrogen-bond acceptors (Lipinski definition) is 4. The van der Waals surface area contributed by atoms with Gasteiger partial charge in [0.25, 0.3) is 0 Å². The predicted molar refractivity (Wildman–Crippen MR) is 54.1 cm³/mol. The average molecular weight is 223 g/mol. The molecule has 0 aliphatic rings. The second-order valence-electron chi connectivity index (χ2n) is 3.25. The predicted octanol–water partition coefficient (Wildman–Crippen LogP) is -0.172. The largest absolute Gasteiger partial charge is 0.480 e. The Balaban J connectivity index is 3.79. The molecule has 0 heterocycles. The van der Waals surface area contributed by atoms with Crippen molar-refractivity contribution in [3.63, 3.8) is 0 Å². The molecule has 0 rings (SSSR count). The molecule has 14 heavy (non-hydrogen) atoms. The summed E-state index contributed by atoms with van der Waals surface area (Å²) >= 11 is 0. The highest BCUT2D eigenvalue weighted by Crippen LogP contribution is 1.94. The van der Waals surface area contributed by atoms with E-state index in [1.54, 1.807) is 4.90 Å². The lowest BCUT2D eigenvalue weighted by molar-refractivity contribution is -0.138. The molecule has 0 fully saturated rings. The molecule has 0 saturated carbocycles. The maximum Gasteiger partial charge on any atom is 0.317 e. The van der Waals surface area contributed by atoms with E-state index in [4.69, 9.17) is 5.11 Å². The van der Waals surface area contributed by atoms with Crippen LogP contribution in [-0.2, 0) is 14.6 Å². The van der Waals surface area contributed by atoms with Gasteiger partial charge < -0.3 is 5.11 Å². The standard InChI is InChI=1S/C8H17NO4S/c1-3-9(7-8(10)11)5-4-6-14(2,12)13/h3-7H2,1-2H3,(H,10,11). The fourth-order valence-corrected chi connectivity index (χ4v) is 1.74. The topological polar surface area (TPSA) is 74.7 Å². The van der Waals surface area contributed by atoms with Crippen LogP contribution in [0.2, 0.25) is 0 Å². The lowest BCUT2D eigenvalue weighted by Crippen LogP contribution is -2.31. The van der Waals surface area contributed by atoms with Crippen LogP contribution in [0.5, 0.6) is 0 Å². The molecule has 0 aromatic heterocycles. The first-order valence-corrected chi connectivity index (χ1v) is 6.53. The average Bonchev–Trinajstić information content (AvgIpc) is 1.99. The van der Waals surface area contributed by atoms with Crippen molar-refractivity contribution in [3.05, 3.63) is 0 Å². The van der Waals surface area contributed by atoms with Crippen molar-refractivity contribution in [2.24, 2.45) is 0 Å². The Morgan fingerprint density at radius 2 is 2.00 bits per heavy atom. The Bertz CT molecular complexity index is 273. The van der Waals surface area contributed by atoms with Crippen LogP contribution >= 0.6 is 0 Å². The van der Waals surface area contributed by atoms with E-state index in [0.29, 0.717) is 19.5 Å². The zero-order valence-corrected chi connectivity index (χ0v) is 9.38. The molecule has 1 N–H and O–H groups in total. The number of carbonyl (C=O) groups is 1. The van der Waals surface area contributed by atoms with Crippen LogP contribution in [-0.4, -0.2) is 56.0 Å². The van der Waals surface area contributed by atoms with Gasteiger partial charge in [-0.3, -0.25) is 9.69 Å². The van der Waals surface area contributed by atoms with Crippen LogP contribution in [0.25, 0.3) is 0 Å². The highest BCUT2D eigenvalue weighted by molar-refractivity contribution is 7.90. The molecular formula is C8H17NO4S. The third kappa shape index (κ3) is 8.00. The number of likely N-dealkylation sites (N-methyl/N-ethyl adjacent to an activating group) is 1. The summed E-state index contributed by atoms with van der Waals surface area (Å²) in [4.78, 5) is 12.1. The molecule has 0 saturated heterocycles. The van der Waals surface area contributed by atoms with E-state index in [9.17, 15) is 13.2 Å². The number of rotatable bonds is 7. The first kappa shape index (κ1) is 13.4. The van der Waals surface area contributed by atoms with Crippen molar-refractivity contribution in [1.82, 2.24) is 4.90 Å². The van der Waals surface area contributed by atoms with Crippen LogP contribution < -0.4 is 0 Å². The number of carboxylic acid groups (broad SMARTS) is 1. The van der Waals surface area contributed by atoms with E-state index in [-0.39, 0.29) is 12.3 Å². The minimum absolute atomic E-state index is 0.0275. The van der Waals surface area contributed by atoms with E-state index in [1.807, 2.05) is 6.92 Å². The van der Waals surface area contributed by atoms with Gasteiger partial charge in [-0.15, -0.1) is 0 Å². The lowest BCUT2D eigenvalue weighted by atomic mass is 10.4. The summed E-state index contributed by atoms with van der Waals surface area (Å²) in [6.45, 7) is 2.95. The van der Waals surface area contributed by atoms with Gasteiger partial charge in [-0.1, -0.05) is 6.92 Å². The van der Waals surface area contributed by atoms with Gasteiger partial charge in [0.05, 0.1) is 12.3 Å². The number of carboxylic acids is 1. The molecule has 0 amide bonds. The van der Waals surface area contributed by atoms with Gasteiger partial charge in [-0.2, -0.15) is 0 Å². The molecule has 0 aromatic carbocycles. The molecule has 0 radical (unpaired) electrons. The maximum absolute atomic E-state index is 10.8. The second kappa shape index (κ2) is 5.98. The molecule has 0 bridgehead atoms. The van der Waals surface area contributed by atoms with Gasteiger partial charge >= 0.3 is 5.97 Å². The third-order valence-corrected chi connectivity index (χ3v) is 2.83. The summed E-state index contributed by atoms with van der Waals surface area (Å²) in [6.07, 6.45) is 1.67. The number of nitrogens with zero attached hydrogens (tertiary/aromatic N) is 1. The zero-order chi connectivity index (χ0) is 11.2. The molecule has 84 valence electrons. The highest BCUT2D eigenvalue weighted by Gasteiger charge is 2.08.